The molecule has 1 saturated heterocycles. The minimum Gasteiger partial charge on any atom is -0.493 e. The average molecular weight is 601 g/mol. The third kappa shape index (κ3) is 9.67. The van der Waals surface area contributed by atoms with Gasteiger partial charge in [-0.3, -0.25) is 14.4 Å². The molecule has 1 fully saturated rings. The molecule has 1 N–H and O–H groups in total. The molecule has 1 aromatic heterocycles. The van der Waals surface area contributed by atoms with Crippen molar-refractivity contribution in [3.63, 3.8) is 0 Å². The largest absolute Gasteiger partial charge is 0.493 e. The highest BCUT2D eigenvalue weighted by atomic mass is 16.7. The molecule has 12 heteroatoms. The SMILES string of the molecule is CCCC(=O)OCOc1c(OC)ccnc1C(=O)NC1COC(=O)C(Cc2ccccc2)C(OCC(C)C)C(C)OC1=O. The van der Waals surface area contributed by atoms with Crippen LogP contribution in [0.25, 0.3) is 0 Å². The number of pyridine rings is 1. The Labute approximate surface area is 251 Å². The van der Waals surface area contributed by atoms with E-state index in [1.165, 1.54) is 19.4 Å². The number of amides is 1. The second-order valence-electron chi connectivity index (χ2n) is 10.5. The van der Waals surface area contributed by atoms with E-state index >= 15 is 0 Å². The smallest absolute Gasteiger partial charge is 0.332 e. The molecule has 0 radical (unpaired) electrons. The summed E-state index contributed by atoms with van der Waals surface area (Å²) in [5.74, 6) is -3.25. The number of rotatable bonds is 13. The van der Waals surface area contributed by atoms with Crippen LogP contribution in [-0.2, 0) is 39.8 Å². The van der Waals surface area contributed by atoms with Crippen LogP contribution in [-0.4, -0.2) is 74.2 Å². The van der Waals surface area contributed by atoms with Crippen molar-refractivity contribution in [3.05, 3.63) is 53.9 Å². The molecule has 2 heterocycles. The summed E-state index contributed by atoms with van der Waals surface area (Å²) in [4.78, 5) is 55.8. The molecule has 43 heavy (non-hydrogen) atoms. The van der Waals surface area contributed by atoms with Gasteiger partial charge in [-0.05, 0) is 31.2 Å². The second kappa shape index (κ2) is 16.4. The van der Waals surface area contributed by atoms with Crippen molar-refractivity contribution in [3.8, 4) is 11.5 Å². The predicted octanol–water partition coefficient (Wildman–Crippen LogP) is 3.26. The maximum Gasteiger partial charge on any atom is 0.332 e. The van der Waals surface area contributed by atoms with Gasteiger partial charge in [0.1, 0.15) is 18.8 Å². The number of aromatic nitrogens is 1. The third-order valence-corrected chi connectivity index (χ3v) is 6.55. The first-order valence-electron chi connectivity index (χ1n) is 14.3. The summed E-state index contributed by atoms with van der Waals surface area (Å²) in [5, 5.41) is 2.53. The lowest BCUT2D eigenvalue weighted by Gasteiger charge is -2.30. The van der Waals surface area contributed by atoms with Crippen molar-refractivity contribution in [1.82, 2.24) is 10.3 Å². The van der Waals surface area contributed by atoms with Crippen molar-refractivity contribution >= 4 is 23.8 Å². The van der Waals surface area contributed by atoms with Crippen molar-refractivity contribution in [1.29, 1.82) is 0 Å². The van der Waals surface area contributed by atoms with Crippen LogP contribution in [0.3, 0.4) is 0 Å². The molecule has 1 aliphatic heterocycles. The van der Waals surface area contributed by atoms with Crippen molar-refractivity contribution in [2.75, 3.05) is 27.1 Å². The molecule has 0 saturated carbocycles. The van der Waals surface area contributed by atoms with Crippen LogP contribution in [0.4, 0.5) is 0 Å². The maximum atomic E-state index is 13.4. The van der Waals surface area contributed by atoms with Gasteiger partial charge in [-0.25, -0.2) is 9.78 Å². The number of nitrogens with zero attached hydrogens (tertiary/aromatic N) is 1. The molecule has 4 atom stereocenters. The number of benzene rings is 1. The van der Waals surface area contributed by atoms with Gasteiger partial charge in [0.25, 0.3) is 5.91 Å². The quantitative estimate of drug-likeness (QED) is 0.205. The number of ether oxygens (including phenoxy) is 6. The van der Waals surface area contributed by atoms with E-state index in [2.05, 4.69) is 10.3 Å². The Morgan fingerprint density at radius 3 is 2.53 bits per heavy atom. The fraction of sp³-hybridized carbons (Fsp3) is 0.516. The highest BCUT2D eigenvalue weighted by Crippen LogP contribution is 2.30. The molecule has 0 spiro atoms. The fourth-order valence-corrected chi connectivity index (χ4v) is 4.41. The first kappa shape index (κ1) is 33.3. The van der Waals surface area contributed by atoms with Crippen LogP contribution in [0.15, 0.2) is 42.6 Å². The zero-order valence-electron chi connectivity index (χ0n) is 25.2. The molecule has 0 bridgehead atoms. The number of methoxy groups -OCH3 is 1. The van der Waals surface area contributed by atoms with Gasteiger partial charge in [-0.15, -0.1) is 0 Å². The number of esters is 3. The monoisotopic (exact) mass is 600 g/mol. The van der Waals surface area contributed by atoms with Crippen LogP contribution in [0.2, 0.25) is 0 Å². The Morgan fingerprint density at radius 1 is 1.12 bits per heavy atom. The Balaban J connectivity index is 1.81. The highest BCUT2D eigenvalue weighted by molar-refractivity contribution is 5.98. The lowest BCUT2D eigenvalue weighted by Crippen LogP contribution is -2.46. The summed E-state index contributed by atoms with van der Waals surface area (Å²) in [6.45, 7) is 6.80. The molecule has 3 rings (SSSR count). The van der Waals surface area contributed by atoms with E-state index in [0.717, 1.165) is 5.56 Å². The van der Waals surface area contributed by atoms with Gasteiger partial charge in [-0.2, -0.15) is 0 Å². The minimum atomic E-state index is -1.36. The molecular weight excluding hydrogens is 560 g/mol. The van der Waals surface area contributed by atoms with Crippen LogP contribution >= 0.6 is 0 Å². The zero-order valence-corrected chi connectivity index (χ0v) is 25.2. The van der Waals surface area contributed by atoms with Crippen molar-refractivity contribution in [2.45, 2.75) is 65.2 Å². The number of cyclic esters (lactones) is 2. The number of carbonyl (C=O) groups is 4. The normalized spacial score (nSPS) is 20.6. The Hall–Kier alpha value is -4.19. The van der Waals surface area contributed by atoms with Gasteiger partial charge in [0.05, 0.1) is 13.0 Å². The van der Waals surface area contributed by atoms with E-state index in [1.54, 1.807) is 6.92 Å². The van der Waals surface area contributed by atoms with Crippen LogP contribution in [0.5, 0.6) is 11.5 Å². The molecular formula is C31H40N2O10. The molecule has 1 amide bonds. The molecule has 12 nitrogen and oxygen atoms in total. The molecule has 1 aromatic carbocycles. The Bertz CT molecular complexity index is 1240. The lowest BCUT2D eigenvalue weighted by atomic mass is 9.91. The molecule has 2 aromatic rings. The number of hydrogen-bond donors (Lipinski definition) is 1. The third-order valence-electron chi connectivity index (χ3n) is 6.55. The molecule has 1 aliphatic rings. The minimum absolute atomic E-state index is 0.0985. The first-order valence-corrected chi connectivity index (χ1v) is 14.3. The summed E-state index contributed by atoms with van der Waals surface area (Å²) in [6.07, 6.45) is 0.801. The number of nitrogens with one attached hydrogen (secondary N) is 1. The standard InChI is InChI=1S/C31H40N2O10/c1-6-10-25(34)41-18-42-28-24(38-5)13-14-32-26(28)29(35)33-23-17-40-30(36)22(15-21-11-8-7-9-12-21)27(39-16-19(2)3)20(4)43-31(23)37/h7-9,11-14,19-20,22-23,27H,6,10,15-18H2,1-5H3,(H,33,35). The highest BCUT2D eigenvalue weighted by Gasteiger charge is 2.40. The van der Waals surface area contributed by atoms with E-state index in [9.17, 15) is 19.2 Å². The van der Waals surface area contributed by atoms with E-state index in [4.69, 9.17) is 28.4 Å². The summed E-state index contributed by atoms with van der Waals surface area (Å²) in [7, 11) is 1.37. The lowest BCUT2D eigenvalue weighted by molar-refractivity contribution is -0.165. The van der Waals surface area contributed by atoms with Gasteiger partial charge in [0.2, 0.25) is 6.79 Å². The average Bonchev–Trinajstić information content (AvgIpc) is 3.01. The molecule has 0 aliphatic carbocycles. The summed E-state index contributed by atoms with van der Waals surface area (Å²) >= 11 is 0. The van der Waals surface area contributed by atoms with Crippen molar-refractivity contribution in [2.24, 2.45) is 11.8 Å². The Morgan fingerprint density at radius 2 is 1.86 bits per heavy atom. The number of carbonyl (C=O) groups excluding carboxylic acids is 4. The fourth-order valence-electron chi connectivity index (χ4n) is 4.41. The molecule has 234 valence electrons. The van der Waals surface area contributed by atoms with Crippen LogP contribution in [0, 0.1) is 11.8 Å². The number of hydrogen-bond acceptors (Lipinski definition) is 11. The van der Waals surface area contributed by atoms with Gasteiger partial charge < -0.3 is 33.7 Å². The zero-order chi connectivity index (χ0) is 31.4. The van der Waals surface area contributed by atoms with Crippen LogP contribution in [0.1, 0.15) is 56.6 Å². The summed E-state index contributed by atoms with van der Waals surface area (Å²) in [6, 6.07) is 9.51. The van der Waals surface area contributed by atoms with Crippen molar-refractivity contribution < 1.29 is 47.6 Å². The second-order valence-corrected chi connectivity index (χ2v) is 10.5. The van der Waals surface area contributed by atoms with Gasteiger partial charge >= 0.3 is 17.9 Å². The topological polar surface area (TPSA) is 149 Å². The van der Waals surface area contributed by atoms with Gasteiger partial charge in [0, 0.05) is 25.3 Å². The van der Waals surface area contributed by atoms with E-state index in [-0.39, 0.29) is 29.5 Å². The first-order chi connectivity index (χ1) is 20.6. The molecule has 4 unspecified atom stereocenters. The van der Waals surface area contributed by atoms with E-state index in [1.807, 2.05) is 51.1 Å². The van der Waals surface area contributed by atoms with Crippen LogP contribution < -0.4 is 14.8 Å². The maximum absolute atomic E-state index is 13.4. The summed E-state index contributed by atoms with van der Waals surface area (Å²) in [5.41, 5.74) is 0.653. The predicted molar refractivity (Wildman–Crippen MR) is 153 cm³/mol. The van der Waals surface area contributed by atoms with Gasteiger partial charge in [0.15, 0.2) is 23.2 Å². The van der Waals surface area contributed by atoms with E-state index < -0.39 is 61.4 Å². The van der Waals surface area contributed by atoms with E-state index in [0.29, 0.717) is 19.4 Å². The van der Waals surface area contributed by atoms with Gasteiger partial charge in [-0.1, -0.05) is 51.1 Å². The Kier molecular flexibility index (Phi) is 12.7. The summed E-state index contributed by atoms with van der Waals surface area (Å²) < 4.78 is 33.3.